The van der Waals surface area contributed by atoms with Gasteiger partial charge in [0.1, 0.15) is 12.1 Å². The zero-order valence-corrected chi connectivity index (χ0v) is 10.3. The van der Waals surface area contributed by atoms with Crippen LogP contribution in [0.2, 0.25) is 0 Å². The first-order valence-electron chi connectivity index (χ1n) is 5.88. The lowest BCUT2D eigenvalue weighted by Crippen LogP contribution is -2.33. The van der Waals surface area contributed by atoms with Crippen LogP contribution in [0.3, 0.4) is 0 Å². The molecule has 0 unspecified atom stereocenters. The summed E-state index contributed by atoms with van der Waals surface area (Å²) >= 11 is 0. The fourth-order valence-corrected chi connectivity index (χ4v) is 1.83. The summed E-state index contributed by atoms with van der Waals surface area (Å²) in [5.74, 6) is -1.15. The van der Waals surface area contributed by atoms with Crippen molar-refractivity contribution in [1.82, 2.24) is 10.6 Å². The Morgan fingerprint density at radius 2 is 2.06 bits per heavy atom. The molecule has 0 saturated carbocycles. The Labute approximate surface area is 105 Å². The molecule has 0 aromatic carbocycles. The molecule has 2 rings (SSSR count). The smallest absolute Gasteiger partial charge is 0.328 e. The third-order valence-corrected chi connectivity index (χ3v) is 2.84. The van der Waals surface area contributed by atoms with Gasteiger partial charge in [-0.05, 0) is 25.8 Å². The summed E-state index contributed by atoms with van der Waals surface area (Å²) in [6.07, 6.45) is 2.78. The highest BCUT2D eigenvalue weighted by Crippen LogP contribution is 2.06. The van der Waals surface area contributed by atoms with E-state index in [2.05, 4.69) is 15.4 Å². The van der Waals surface area contributed by atoms with Crippen LogP contribution in [0.5, 0.6) is 0 Å². The zero-order valence-electron chi connectivity index (χ0n) is 10.3. The topological polar surface area (TPSA) is 105 Å². The average molecular weight is 258 g/mol. The van der Waals surface area contributed by atoms with Gasteiger partial charge in [-0.3, -0.25) is 9.59 Å². The van der Waals surface area contributed by atoms with E-state index in [4.69, 9.17) is 5.11 Å². The summed E-state index contributed by atoms with van der Waals surface area (Å²) in [5.41, 5.74) is 0. The molecule has 7 nitrogen and oxygen atoms in total. The summed E-state index contributed by atoms with van der Waals surface area (Å²) in [5, 5.41) is 13.7. The molecule has 7 heteroatoms. The second-order valence-electron chi connectivity index (χ2n) is 4.17. The molecule has 2 saturated heterocycles. The molecule has 0 spiro atoms. The van der Waals surface area contributed by atoms with E-state index in [1.54, 1.807) is 0 Å². The molecule has 0 aromatic rings. The highest BCUT2D eigenvalue weighted by atomic mass is 16.5. The van der Waals surface area contributed by atoms with Gasteiger partial charge in [0.05, 0.1) is 7.11 Å². The highest BCUT2D eigenvalue weighted by Gasteiger charge is 2.27. The lowest BCUT2D eigenvalue weighted by molar-refractivity contribution is -0.143. The first-order chi connectivity index (χ1) is 8.54. The predicted octanol–water partition coefficient (Wildman–Crippen LogP) is -0.739. The largest absolute Gasteiger partial charge is 0.480 e. The number of carboxylic acids is 1. The lowest BCUT2D eigenvalue weighted by Gasteiger charge is -2.04. The van der Waals surface area contributed by atoms with Crippen LogP contribution in [0.1, 0.15) is 25.7 Å². The fraction of sp³-hybridized carbons (Fsp3) is 0.727. The second kappa shape index (κ2) is 6.95. The second-order valence-corrected chi connectivity index (χ2v) is 4.17. The van der Waals surface area contributed by atoms with Crippen LogP contribution < -0.4 is 10.6 Å². The van der Waals surface area contributed by atoms with E-state index in [1.165, 1.54) is 7.11 Å². The number of carbonyl (C=O) groups excluding carboxylic acids is 2. The number of esters is 1. The van der Waals surface area contributed by atoms with Crippen LogP contribution in [0.4, 0.5) is 0 Å². The fourth-order valence-electron chi connectivity index (χ4n) is 1.83. The summed E-state index contributed by atoms with van der Waals surface area (Å²) in [6, 6.07) is -0.674. The lowest BCUT2D eigenvalue weighted by atomic mass is 10.2. The number of methoxy groups -OCH3 is 1. The number of amides is 1. The molecule has 0 radical (unpaired) electrons. The Kier molecular flexibility index (Phi) is 5.57. The number of carboxylic acid groups (broad SMARTS) is 1. The van der Waals surface area contributed by atoms with E-state index in [0.717, 1.165) is 19.4 Å². The van der Waals surface area contributed by atoms with Gasteiger partial charge in [0.25, 0.3) is 0 Å². The van der Waals surface area contributed by atoms with Gasteiger partial charge < -0.3 is 20.5 Å². The number of aliphatic carboxylic acids is 1. The average Bonchev–Trinajstić information content (AvgIpc) is 2.99. The maximum Gasteiger partial charge on any atom is 0.328 e. The molecule has 2 aliphatic heterocycles. The number of carbonyl (C=O) groups is 3. The molecule has 1 amide bonds. The molecule has 0 aliphatic carbocycles. The van der Waals surface area contributed by atoms with Crippen molar-refractivity contribution in [3.63, 3.8) is 0 Å². The number of nitrogens with one attached hydrogen (secondary N) is 2. The zero-order chi connectivity index (χ0) is 13.5. The van der Waals surface area contributed by atoms with E-state index >= 15 is 0 Å². The van der Waals surface area contributed by atoms with Gasteiger partial charge in [-0.1, -0.05) is 0 Å². The first kappa shape index (κ1) is 14.4. The Hall–Kier alpha value is -1.63. The molecular formula is C11H18N2O5. The summed E-state index contributed by atoms with van der Waals surface area (Å²) in [7, 11) is 1.31. The Balaban J connectivity index is 0.000000184. The summed E-state index contributed by atoms with van der Waals surface area (Å²) in [4.78, 5) is 31.4. The van der Waals surface area contributed by atoms with Gasteiger partial charge in [0.15, 0.2) is 0 Å². The Morgan fingerprint density at radius 1 is 1.33 bits per heavy atom. The SMILES string of the molecule is COC(=O)[C@H]1CCC(=O)N1.O=C(O)[C@H]1CCCN1. The molecule has 0 bridgehead atoms. The molecular weight excluding hydrogens is 240 g/mol. The standard InChI is InChI=1S/C6H9NO3.C5H9NO2/c1-10-6(9)4-2-3-5(8)7-4;7-5(8)4-2-1-3-6-4/h4H,2-3H2,1H3,(H,7,8);4,6H,1-3H2,(H,7,8)/t2*4-/m11/s1. The van der Waals surface area contributed by atoms with Crippen molar-refractivity contribution in [3.8, 4) is 0 Å². The molecule has 0 aromatic heterocycles. The van der Waals surface area contributed by atoms with Crippen LogP contribution in [0, 0.1) is 0 Å². The summed E-state index contributed by atoms with van der Waals surface area (Å²) < 4.78 is 4.43. The minimum atomic E-state index is -0.720. The molecule has 102 valence electrons. The molecule has 2 fully saturated rings. The van der Waals surface area contributed by atoms with E-state index in [-0.39, 0.29) is 17.9 Å². The maximum atomic E-state index is 10.7. The molecule has 2 heterocycles. The van der Waals surface area contributed by atoms with Crippen LogP contribution >= 0.6 is 0 Å². The first-order valence-corrected chi connectivity index (χ1v) is 5.88. The number of hydrogen-bond acceptors (Lipinski definition) is 5. The minimum Gasteiger partial charge on any atom is -0.480 e. The van der Waals surface area contributed by atoms with Crippen molar-refractivity contribution in [2.45, 2.75) is 37.8 Å². The van der Waals surface area contributed by atoms with Crippen LogP contribution in [-0.2, 0) is 19.1 Å². The third-order valence-electron chi connectivity index (χ3n) is 2.84. The van der Waals surface area contributed by atoms with Crippen molar-refractivity contribution < 1.29 is 24.2 Å². The van der Waals surface area contributed by atoms with Crippen molar-refractivity contribution in [3.05, 3.63) is 0 Å². The van der Waals surface area contributed by atoms with Gasteiger partial charge in [0, 0.05) is 6.42 Å². The predicted molar refractivity (Wildman–Crippen MR) is 61.8 cm³/mol. The van der Waals surface area contributed by atoms with Crippen LogP contribution in [0.15, 0.2) is 0 Å². The quantitative estimate of drug-likeness (QED) is 0.563. The van der Waals surface area contributed by atoms with Gasteiger partial charge in [-0.25, -0.2) is 4.79 Å². The van der Waals surface area contributed by atoms with Crippen LogP contribution in [-0.4, -0.2) is 48.7 Å². The van der Waals surface area contributed by atoms with Gasteiger partial charge in [-0.2, -0.15) is 0 Å². The number of hydrogen-bond donors (Lipinski definition) is 3. The van der Waals surface area contributed by atoms with E-state index in [1.807, 2.05) is 0 Å². The highest BCUT2D eigenvalue weighted by molar-refractivity contribution is 5.87. The van der Waals surface area contributed by atoms with Crippen molar-refractivity contribution in [2.75, 3.05) is 13.7 Å². The molecule has 2 atom stereocenters. The van der Waals surface area contributed by atoms with Crippen molar-refractivity contribution in [1.29, 1.82) is 0 Å². The minimum absolute atomic E-state index is 0.0737. The molecule has 18 heavy (non-hydrogen) atoms. The third kappa shape index (κ3) is 4.33. The molecule has 3 N–H and O–H groups in total. The Bertz CT molecular complexity index is 325. The Morgan fingerprint density at radius 3 is 2.39 bits per heavy atom. The normalized spacial score (nSPS) is 25.9. The van der Waals surface area contributed by atoms with Gasteiger partial charge >= 0.3 is 11.9 Å². The molecule has 2 aliphatic rings. The van der Waals surface area contributed by atoms with Crippen molar-refractivity contribution >= 4 is 17.8 Å². The summed E-state index contributed by atoms with van der Waals surface area (Å²) in [6.45, 7) is 0.858. The van der Waals surface area contributed by atoms with Crippen molar-refractivity contribution in [2.24, 2.45) is 0 Å². The maximum absolute atomic E-state index is 10.7. The van der Waals surface area contributed by atoms with E-state index in [0.29, 0.717) is 12.8 Å². The van der Waals surface area contributed by atoms with Gasteiger partial charge in [0.2, 0.25) is 5.91 Å². The van der Waals surface area contributed by atoms with Gasteiger partial charge in [-0.15, -0.1) is 0 Å². The van der Waals surface area contributed by atoms with E-state index in [9.17, 15) is 14.4 Å². The number of rotatable bonds is 2. The number of ether oxygens (including phenoxy) is 1. The van der Waals surface area contributed by atoms with Crippen LogP contribution in [0.25, 0.3) is 0 Å². The van der Waals surface area contributed by atoms with E-state index < -0.39 is 12.0 Å². The monoisotopic (exact) mass is 258 g/mol.